The number of likely N-dealkylation sites (N-methyl/N-ethyl adjacent to an activating group) is 1. The van der Waals surface area contributed by atoms with E-state index in [1.54, 1.807) is 6.33 Å². The fourth-order valence-electron chi connectivity index (χ4n) is 2.52. The molecule has 1 atom stereocenters. The second kappa shape index (κ2) is 7.28. The fourth-order valence-corrected chi connectivity index (χ4v) is 2.52. The molecule has 0 bridgehead atoms. The Kier molecular flexibility index (Phi) is 5.39. The van der Waals surface area contributed by atoms with Gasteiger partial charge < -0.3 is 15.0 Å². The van der Waals surface area contributed by atoms with Crippen LogP contribution >= 0.6 is 0 Å². The van der Waals surface area contributed by atoms with Crippen molar-refractivity contribution >= 4 is 5.82 Å². The van der Waals surface area contributed by atoms with Gasteiger partial charge in [-0.05, 0) is 32.7 Å². The molecule has 0 amide bonds. The summed E-state index contributed by atoms with van der Waals surface area (Å²) in [5.74, 6) is 1.67. The summed E-state index contributed by atoms with van der Waals surface area (Å²) in [7, 11) is 2.00. The molecule has 1 aliphatic rings. The molecule has 1 N–H and O–H groups in total. The van der Waals surface area contributed by atoms with Gasteiger partial charge in [-0.3, -0.25) is 0 Å². The average Bonchev–Trinajstić information content (AvgIpc) is 2.46. The molecular formula is C14H24N4O. The van der Waals surface area contributed by atoms with Crippen molar-refractivity contribution in [3.05, 3.63) is 12.4 Å². The topological polar surface area (TPSA) is 50.3 Å². The lowest BCUT2D eigenvalue weighted by molar-refractivity contribution is 0.304. The van der Waals surface area contributed by atoms with E-state index >= 15 is 0 Å². The van der Waals surface area contributed by atoms with E-state index in [0.717, 1.165) is 25.3 Å². The monoisotopic (exact) mass is 264 g/mol. The number of aromatic nitrogens is 2. The van der Waals surface area contributed by atoms with Crippen molar-refractivity contribution < 1.29 is 4.74 Å². The zero-order chi connectivity index (χ0) is 13.5. The van der Waals surface area contributed by atoms with Gasteiger partial charge in [0.15, 0.2) is 0 Å². The number of rotatable bonds is 6. The Bertz CT molecular complexity index is 383. The molecule has 5 nitrogen and oxygen atoms in total. The molecule has 1 aliphatic heterocycles. The molecule has 5 heteroatoms. The van der Waals surface area contributed by atoms with Gasteiger partial charge in [0.2, 0.25) is 5.88 Å². The van der Waals surface area contributed by atoms with Crippen LogP contribution < -0.4 is 15.0 Å². The number of nitrogens with zero attached hydrogens (tertiary/aromatic N) is 3. The van der Waals surface area contributed by atoms with Gasteiger partial charge in [-0.2, -0.15) is 0 Å². The van der Waals surface area contributed by atoms with Gasteiger partial charge in [0, 0.05) is 25.2 Å². The molecule has 19 heavy (non-hydrogen) atoms. The van der Waals surface area contributed by atoms with E-state index in [4.69, 9.17) is 4.74 Å². The van der Waals surface area contributed by atoms with Gasteiger partial charge >= 0.3 is 0 Å². The van der Waals surface area contributed by atoms with Crippen molar-refractivity contribution in [1.82, 2.24) is 15.3 Å². The zero-order valence-electron chi connectivity index (χ0n) is 11.9. The van der Waals surface area contributed by atoms with Crippen LogP contribution in [0.4, 0.5) is 5.82 Å². The van der Waals surface area contributed by atoms with Gasteiger partial charge in [-0.15, -0.1) is 0 Å². The summed E-state index contributed by atoms with van der Waals surface area (Å²) in [6.07, 6.45) is 6.34. The molecule has 0 saturated carbocycles. The Hall–Kier alpha value is -1.36. The highest BCUT2D eigenvalue weighted by molar-refractivity contribution is 5.42. The minimum Gasteiger partial charge on any atom is -0.478 e. The highest BCUT2D eigenvalue weighted by Crippen LogP contribution is 2.24. The highest BCUT2D eigenvalue weighted by Gasteiger charge is 2.23. The van der Waals surface area contributed by atoms with Crippen LogP contribution in [0.2, 0.25) is 0 Å². The number of piperidine rings is 1. The molecule has 1 fully saturated rings. The van der Waals surface area contributed by atoms with Crippen LogP contribution in [-0.4, -0.2) is 42.8 Å². The highest BCUT2D eigenvalue weighted by atomic mass is 16.5. The number of ether oxygens (including phenoxy) is 1. The fraction of sp³-hybridized carbons (Fsp3) is 0.714. The van der Waals surface area contributed by atoms with Crippen LogP contribution in [0.25, 0.3) is 0 Å². The Balaban J connectivity index is 2.09. The lowest BCUT2D eigenvalue weighted by atomic mass is 10.0. The Labute approximate surface area is 115 Å². The van der Waals surface area contributed by atoms with Crippen LogP contribution in [0.3, 0.4) is 0 Å². The average molecular weight is 264 g/mol. The van der Waals surface area contributed by atoms with Crippen molar-refractivity contribution in [2.24, 2.45) is 0 Å². The van der Waals surface area contributed by atoms with Crippen LogP contribution in [0, 0.1) is 0 Å². The molecule has 0 aromatic carbocycles. The second-order valence-electron chi connectivity index (χ2n) is 4.96. The van der Waals surface area contributed by atoms with E-state index < -0.39 is 0 Å². The zero-order valence-corrected chi connectivity index (χ0v) is 11.9. The summed E-state index contributed by atoms with van der Waals surface area (Å²) in [5, 5.41) is 3.27. The Morgan fingerprint density at radius 1 is 1.42 bits per heavy atom. The standard InChI is InChI=1S/C14H24N4O/c1-3-8-19-14-9-13(16-11-17-14)18-7-5-4-6-12(18)10-15-2/h9,11-12,15H,3-8,10H2,1-2H3. The summed E-state index contributed by atoms with van der Waals surface area (Å²) in [6, 6.07) is 2.48. The molecule has 106 valence electrons. The van der Waals surface area contributed by atoms with Crippen molar-refractivity contribution in [2.45, 2.75) is 38.6 Å². The molecule has 0 aliphatic carbocycles. The minimum atomic E-state index is 0.521. The van der Waals surface area contributed by atoms with Gasteiger partial charge in [0.1, 0.15) is 12.1 Å². The summed E-state index contributed by atoms with van der Waals surface area (Å²) < 4.78 is 5.59. The lowest BCUT2D eigenvalue weighted by Crippen LogP contribution is -2.45. The van der Waals surface area contributed by atoms with Crippen molar-refractivity contribution in [3.8, 4) is 5.88 Å². The predicted molar refractivity (Wildman–Crippen MR) is 76.7 cm³/mol. The van der Waals surface area contributed by atoms with Crippen LogP contribution in [-0.2, 0) is 0 Å². The molecule has 1 unspecified atom stereocenters. The van der Waals surface area contributed by atoms with Crippen LogP contribution in [0.5, 0.6) is 5.88 Å². The maximum atomic E-state index is 5.59. The molecular weight excluding hydrogens is 240 g/mol. The quantitative estimate of drug-likeness (QED) is 0.849. The van der Waals surface area contributed by atoms with Crippen LogP contribution in [0.15, 0.2) is 12.4 Å². The third-order valence-electron chi connectivity index (χ3n) is 3.44. The molecule has 1 aromatic heterocycles. The van der Waals surface area contributed by atoms with E-state index in [0.29, 0.717) is 18.5 Å². The molecule has 0 radical (unpaired) electrons. The predicted octanol–water partition coefficient (Wildman–Crippen LogP) is 1.84. The summed E-state index contributed by atoms with van der Waals surface area (Å²) in [6.45, 7) is 4.86. The first-order valence-corrected chi connectivity index (χ1v) is 7.21. The number of hydrogen-bond acceptors (Lipinski definition) is 5. The Morgan fingerprint density at radius 3 is 3.11 bits per heavy atom. The van der Waals surface area contributed by atoms with Crippen LogP contribution in [0.1, 0.15) is 32.6 Å². The van der Waals surface area contributed by atoms with E-state index in [1.807, 2.05) is 13.1 Å². The number of hydrogen-bond donors (Lipinski definition) is 1. The third-order valence-corrected chi connectivity index (χ3v) is 3.44. The van der Waals surface area contributed by atoms with Crippen molar-refractivity contribution in [1.29, 1.82) is 0 Å². The minimum absolute atomic E-state index is 0.521. The van der Waals surface area contributed by atoms with E-state index in [9.17, 15) is 0 Å². The summed E-state index contributed by atoms with van der Waals surface area (Å²) >= 11 is 0. The summed E-state index contributed by atoms with van der Waals surface area (Å²) in [4.78, 5) is 11.0. The maximum absolute atomic E-state index is 5.59. The lowest BCUT2D eigenvalue weighted by Gasteiger charge is -2.36. The second-order valence-corrected chi connectivity index (χ2v) is 4.96. The molecule has 2 heterocycles. The smallest absolute Gasteiger partial charge is 0.218 e. The SMILES string of the molecule is CCCOc1cc(N2CCCCC2CNC)ncn1. The molecule has 0 spiro atoms. The maximum Gasteiger partial charge on any atom is 0.218 e. The third kappa shape index (κ3) is 3.80. The van der Waals surface area contributed by atoms with E-state index in [2.05, 4.69) is 27.1 Å². The molecule has 1 saturated heterocycles. The molecule has 1 aromatic rings. The van der Waals surface area contributed by atoms with Gasteiger partial charge in [0.05, 0.1) is 6.61 Å². The Morgan fingerprint density at radius 2 is 2.32 bits per heavy atom. The number of nitrogens with one attached hydrogen (secondary N) is 1. The van der Waals surface area contributed by atoms with Crippen molar-refractivity contribution in [3.63, 3.8) is 0 Å². The van der Waals surface area contributed by atoms with Crippen molar-refractivity contribution in [2.75, 3.05) is 31.6 Å². The number of anilines is 1. The first-order chi connectivity index (χ1) is 9.35. The van der Waals surface area contributed by atoms with Gasteiger partial charge in [-0.25, -0.2) is 9.97 Å². The van der Waals surface area contributed by atoms with Gasteiger partial charge in [0.25, 0.3) is 0 Å². The first-order valence-electron chi connectivity index (χ1n) is 7.21. The van der Waals surface area contributed by atoms with E-state index in [-0.39, 0.29) is 0 Å². The van der Waals surface area contributed by atoms with Gasteiger partial charge in [-0.1, -0.05) is 6.92 Å². The largest absolute Gasteiger partial charge is 0.478 e. The summed E-state index contributed by atoms with van der Waals surface area (Å²) in [5.41, 5.74) is 0. The molecule has 2 rings (SSSR count). The van der Waals surface area contributed by atoms with E-state index in [1.165, 1.54) is 19.3 Å². The normalized spacial score (nSPS) is 19.5. The first kappa shape index (κ1) is 14.1.